The fraction of sp³-hybridized carbons (Fsp3) is 0.353. The highest BCUT2D eigenvalue weighted by molar-refractivity contribution is 5.93. The van der Waals surface area contributed by atoms with Crippen molar-refractivity contribution in [3.05, 3.63) is 59.7 Å². The van der Waals surface area contributed by atoms with Gasteiger partial charge in [0.25, 0.3) is 0 Å². The van der Waals surface area contributed by atoms with Crippen LogP contribution in [0.1, 0.15) is 25.1 Å². The number of hydrogen-bond acceptors (Lipinski definition) is 2. The molecule has 3 nitrogen and oxygen atoms in total. The fourth-order valence-corrected chi connectivity index (χ4v) is 2.40. The number of benzene rings is 1. The molecule has 1 aromatic heterocycles. The Kier molecular flexibility index (Phi) is 3.78. The molecule has 2 heterocycles. The highest BCUT2D eigenvalue weighted by Crippen LogP contribution is 2.19. The van der Waals surface area contributed by atoms with Crippen LogP contribution in [0.2, 0.25) is 0 Å². The van der Waals surface area contributed by atoms with Gasteiger partial charge in [-0.2, -0.15) is 0 Å². The molecule has 0 N–H and O–H groups in total. The predicted molar refractivity (Wildman–Crippen MR) is 81.0 cm³/mol. The highest BCUT2D eigenvalue weighted by atomic mass is 19.1. The van der Waals surface area contributed by atoms with Crippen molar-refractivity contribution in [2.24, 2.45) is 10.9 Å². The van der Waals surface area contributed by atoms with E-state index in [0.29, 0.717) is 25.0 Å². The Hall–Kier alpha value is -2.10. The van der Waals surface area contributed by atoms with Crippen molar-refractivity contribution in [2.75, 3.05) is 6.61 Å². The summed E-state index contributed by atoms with van der Waals surface area (Å²) in [6, 6.07) is 10.8. The van der Waals surface area contributed by atoms with Gasteiger partial charge < -0.3 is 9.30 Å². The lowest BCUT2D eigenvalue weighted by Gasteiger charge is -2.09. The molecule has 4 heteroatoms. The zero-order chi connectivity index (χ0) is 14.8. The van der Waals surface area contributed by atoms with E-state index in [0.717, 1.165) is 11.3 Å². The highest BCUT2D eigenvalue weighted by Gasteiger charge is 2.24. The summed E-state index contributed by atoms with van der Waals surface area (Å²) in [7, 11) is 0. The fourth-order valence-electron chi connectivity index (χ4n) is 2.40. The molecule has 1 aromatic carbocycles. The molecule has 2 aromatic rings. The molecule has 0 unspecified atom stereocenters. The summed E-state index contributed by atoms with van der Waals surface area (Å²) >= 11 is 0. The molecule has 0 amide bonds. The third kappa shape index (κ3) is 2.99. The van der Waals surface area contributed by atoms with Gasteiger partial charge in [-0.3, -0.25) is 0 Å². The lowest BCUT2D eigenvalue weighted by Crippen LogP contribution is -2.13. The Labute approximate surface area is 124 Å². The van der Waals surface area contributed by atoms with E-state index in [1.165, 1.54) is 12.1 Å². The first-order valence-electron chi connectivity index (χ1n) is 7.24. The van der Waals surface area contributed by atoms with Crippen LogP contribution in [0.25, 0.3) is 0 Å². The van der Waals surface area contributed by atoms with Gasteiger partial charge in [-0.05, 0) is 35.7 Å². The van der Waals surface area contributed by atoms with E-state index in [2.05, 4.69) is 23.4 Å². The summed E-state index contributed by atoms with van der Waals surface area (Å²) in [6.07, 6.45) is 1.99. The average Bonchev–Trinajstić information content (AvgIpc) is 3.09. The lowest BCUT2D eigenvalue weighted by molar-refractivity contribution is 0.290. The first kappa shape index (κ1) is 13.9. The molecule has 0 aliphatic carbocycles. The SMILES string of the molecule is CC(C)[C@H]1COC(c2cccn2Cc2ccc(F)cc2)=N1. The lowest BCUT2D eigenvalue weighted by atomic mass is 10.1. The number of aromatic nitrogens is 1. The maximum absolute atomic E-state index is 13.0. The van der Waals surface area contributed by atoms with Crippen LogP contribution in [0.4, 0.5) is 4.39 Å². The van der Waals surface area contributed by atoms with Crippen molar-refractivity contribution in [1.29, 1.82) is 0 Å². The normalized spacial score (nSPS) is 17.9. The van der Waals surface area contributed by atoms with Crippen molar-refractivity contribution in [1.82, 2.24) is 4.57 Å². The van der Waals surface area contributed by atoms with Gasteiger partial charge in [0.05, 0.1) is 6.04 Å². The van der Waals surface area contributed by atoms with Gasteiger partial charge >= 0.3 is 0 Å². The molecular formula is C17H19FN2O. The number of halogens is 1. The van der Waals surface area contributed by atoms with Crippen LogP contribution in [0.15, 0.2) is 47.6 Å². The van der Waals surface area contributed by atoms with Crippen LogP contribution in [-0.4, -0.2) is 23.1 Å². The van der Waals surface area contributed by atoms with Gasteiger partial charge in [0.15, 0.2) is 0 Å². The van der Waals surface area contributed by atoms with Crippen LogP contribution in [0, 0.1) is 11.7 Å². The smallest absolute Gasteiger partial charge is 0.233 e. The number of ether oxygens (including phenoxy) is 1. The molecule has 1 atom stereocenters. The monoisotopic (exact) mass is 286 g/mol. The third-order valence-corrected chi connectivity index (χ3v) is 3.76. The molecular weight excluding hydrogens is 267 g/mol. The summed E-state index contributed by atoms with van der Waals surface area (Å²) in [6.45, 7) is 5.63. The van der Waals surface area contributed by atoms with E-state index in [9.17, 15) is 4.39 Å². The van der Waals surface area contributed by atoms with Crippen molar-refractivity contribution in [2.45, 2.75) is 26.4 Å². The van der Waals surface area contributed by atoms with Crippen LogP contribution >= 0.6 is 0 Å². The second kappa shape index (κ2) is 5.72. The van der Waals surface area contributed by atoms with E-state index in [1.54, 1.807) is 12.1 Å². The Bertz CT molecular complexity index is 643. The minimum atomic E-state index is -0.213. The third-order valence-electron chi connectivity index (χ3n) is 3.76. The molecule has 0 bridgehead atoms. The van der Waals surface area contributed by atoms with E-state index in [-0.39, 0.29) is 11.9 Å². The topological polar surface area (TPSA) is 26.5 Å². The van der Waals surface area contributed by atoms with E-state index >= 15 is 0 Å². The summed E-state index contributed by atoms with van der Waals surface area (Å²) in [5.41, 5.74) is 2.02. The molecule has 21 heavy (non-hydrogen) atoms. The van der Waals surface area contributed by atoms with Crippen LogP contribution in [-0.2, 0) is 11.3 Å². The molecule has 1 aliphatic rings. The van der Waals surface area contributed by atoms with Crippen molar-refractivity contribution >= 4 is 5.90 Å². The van der Waals surface area contributed by atoms with Gasteiger partial charge in [-0.1, -0.05) is 26.0 Å². The van der Waals surface area contributed by atoms with E-state index in [4.69, 9.17) is 4.74 Å². The maximum atomic E-state index is 13.0. The minimum Gasteiger partial charge on any atom is -0.474 e. The summed E-state index contributed by atoms with van der Waals surface area (Å²) in [4.78, 5) is 4.66. The zero-order valence-corrected chi connectivity index (χ0v) is 12.3. The molecule has 0 saturated carbocycles. The number of aliphatic imine (C=N–C) groups is 1. The molecule has 110 valence electrons. The number of rotatable bonds is 4. The predicted octanol–water partition coefficient (Wildman–Crippen LogP) is 3.48. The molecule has 0 radical (unpaired) electrons. The van der Waals surface area contributed by atoms with Crippen molar-refractivity contribution < 1.29 is 9.13 Å². The van der Waals surface area contributed by atoms with E-state index in [1.807, 2.05) is 18.3 Å². The summed E-state index contributed by atoms with van der Waals surface area (Å²) < 4.78 is 20.8. The summed E-state index contributed by atoms with van der Waals surface area (Å²) in [5, 5.41) is 0. The summed E-state index contributed by atoms with van der Waals surface area (Å²) in [5.74, 6) is 0.971. The van der Waals surface area contributed by atoms with Gasteiger partial charge in [0.2, 0.25) is 5.90 Å². The Morgan fingerprint density at radius 1 is 1.29 bits per heavy atom. The largest absolute Gasteiger partial charge is 0.474 e. The first-order chi connectivity index (χ1) is 10.1. The van der Waals surface area contributed by atoms with Crippen LogP contribution in [0.5, 0.6) is 0 Å². The average molecular weight is 286 g/mol. The van der Waals surface area contributed by atoms with Gasteiger partial charge in [-0.15, -0.1) is 0 Å². The number of nitrogens with zero attached hydrogens (tertiary/aromatic N) is 2. The van der Waals surface area contributed by atoms with Gasteiger partial charge in [0, 0.05) is 12.7 Å². The number of hydrogen-bond donors (Lipinski definition) is 0. The van der Waals surface area contributed by atoms with Gasteiger partial charge in [-0.25, -0.2) is 9.38 Å². The maximum Gasteiger partial charge on any atom is 0.233 e. The molecule has 0 saturated heterocycles. The molecule has 0 fully saturated rings. The van der Waals surface area contributed by atoms with Crippen molar-refractivity contribution in [3.63, 3.8) is 0 Å². The molecule has 3 rings (SSSR count). The molecule has 1 aliphatic heterocycles. The molecule has 0 spiro atoms. The Morgan fingerprint density at radius 3 is 2.71 bits per heavy atom. The quantitative estimate of drug-likeness (QED) is 0.845. The Morgan fingerprint density at radius 2 is 2.05 bits per heavy atom. The minimum absolute atomic E-state index is 0.213. The van der Waals surface area contributed by atoms with Crippen LogP contribution < -0.4 is 0 Å². The Balaban J connectivity index is 1.81. The standard InChI is InChI=1S/C17H19FN2O/c1-12(2)15-11-21-17(19-15)16-4-3-9-20(16)10-13-5-7-14(18)8-6-13/h3-9,12,15H,10-11H2,1-2H3/t15-/m1/s1. The first-order valence-corrected chi connectivity index (χ1v) is 7.24. The zero-order valence-electron chi connectivity index (χ0n) is 12.3. The second-order valence-corrected chi connectivity index (χ2v) is 5.70. The second-order valence-electron chi connectivity index (χ2n) is 5.70. The van der Waals surface area contributed by atoms with Crippen LogP contribution in [0.3, 0.4) is 0 Å². The van der Waals surface area contributed by atoms with Crippen molar-refractivity contribution in [3.8, 4) is 0 Å². The van der Waals surface area contributed by atoms with Gasteiger partial charge in [0.1, 0.15) is 18.1 Å². The van der Waals surface area contributed by atoms with E-state index < -0.39 is 0 Å².